The van der Waals surface area contributed by atoms with Gasteiger partial charge in [-0.15, -0.1) is 0 Å². The number of aromatic nitrogens is 4. The van der Waals surface area contributed by atoms with Gasteiger partial charge in [0.1, 0.15) is 22.3 Å². The Balaban J connectivity index is 1.60. The van der Waals surface area contributed by atoms with Crippen molar-refractivity contribution in [1.82, 2.24) is 20.2 Å². The predicted molar refractivity (Wildman–Crippen MR) is 113 cm³/mol. The van der Waals surface area contributed by atoms with E-state index in [0.717, 1.165) is 6.07 Å². The van der Waals surface area contributed by atoms with Crippen molar-refractivity contribution < 1.29 is 17.2 Å². The molecular formula is C20H18F2N6O2S. The Kier molecular flexibility index (Phi) is 5.27. The minimum atomic E-state index is -3.80. The molecule has 0 aliphatic heterocycles. The average molecular weight is 444 g/mol. The molecule has 2 aromatic carbocycles. The predicted octanol–water partition coefficient (Wildman–Crippen LogP) is 4.30. The molecule has 31 heavy (non-hydrogen) atoms. The number of aromatic amines is 1. The van der Waals surface area contributed by atoms with E-state index in [1.54, 1.807) is 12.1 Å². The lowest BCUT2D eigenvalue weighted by atomic mass is 10.2. The number of hydrogen-bond acceptors (Lipinski definition) is 7. The lowest BCUT2D eigenvalue weighted by Crippen LogP contribution is -2.15. The van der Waals surface area contributed by atoms with E-state index in [1.165, 1.54) is 44.3 Å². The molecule has 2 heterocycles. The second-order valence-electron chi connectivity index (χ2n) is 7.02. The van der Waals surface area contributed by atoms with E-state index in [4.69, 9.17) is 0 Å². The molecule has 3 N–H and O–H groups in total. The van der Waals surface area contributed by atoms with Crippen molar-refractivity contribution in [3.8, 4) is 0 Å². The van der Waals surface area contributed by atoms with Crippen molar-refractivity contribution in [3.63, 3.8) is 0 Å². The summed E-state index contributed by atoms with van der Waals surface area (Å²) in [6.45, 7) is 2.97. The quantitative estimate of drug-likeness (QED) is 0.406. The molecule has 0 fully saturated rings. The number of rotatable bonds is 6. The molecule has 0 aliphatic rings. The summed E-state index contributed by atoms with van der Waals surface area (Å²) in [5.41, 5.74) is 0.964. The van der Waals surface area contributed by atoms with Crippen molar-refractivity contribution in [2.75, 3.05) is 10.6 Å². The molecule has 11 heteroatoms. The summed E-state index contributed by atoms with van der Waals surface area (Å²) in [5.74, 6) is -0.326. The Morgan fingerprint density at radius 1 is 1.03 bits per heavy atom. The van der Waals surface area contributed by atoms with Gasteiger partial charge in [0, 0.05) is 17.3 Å². The summed E-state index contributed by atoms with van der Waals surface area (Å²) in [6, 6.07) is 9.51. The van der Waals surface area contributed by atoms with Gasteiger partial charge < -0.3 is 10.6 Å². The number of hydrogen-bond donors (Lipinski definition) is 3. The van der Waals surface area contributed by atoms with Crippen molar-refractivity contribution >= 4 is 44.0 Å². The summed E-state index contributed by atoms with van der Waals surface area (Å²) < 4.78 is 52.4. The van der Waals surface area contributed by atoms with Crippen LogP contribution in [0.1, 0.15) is 13.8 Å². The largest absolute Gasteiger partial charge is 0.324 e. The maximum absolute atomic E-state index is 14.1. The zero-order valence-corrected chi connectivity index (χ0v) is 17.3. The van der Waals surface area contributed by atoms with Crippen LogP contribution in [0.4, 0.5) is 32.1 Å². The Morgan fingerprint density at radius 3 is 2.61 bits per heavy atom. The molecule has 0 bridgehead atoms. The number of anilines is 4. The second-order valence-corrected chi connectivity index (χ2v) is 9.49. The monoisotopic (exact) mass is 444 g/mol. The first-order valence-electron chi connectivity index (χ1n) is 9.28. The minimum absolute atomic E-state index is 0.149. The molecule has 0 saturated carbocycles. The summed E-state index contributed by atoms with van der Waals surface area (Å²) >= 11 is 0. The lowest BCUT2D eigenvalue weighted by molar-refractivity contribution is 0.561. The fourth-order valence-electron chi connectivity index (χ4n) is 2.87. The maximum Gasteiger partial charge on any atom is 0.229 e. The SMILES string of the molecule is CC(C)S(=O)(=O)c1cc(Nc2nccc(Nc3n[nH]c4ccc(F)cc34)n2)ccc1F. The number of sulfone groups is 1. The third-order valence-corrected chi connectivity index (χ3v) is 6.71. The van der Waals surface area contributed by atoms with Gasteiger partial charge in [-0.1, -0.05) is 0 Å². The molecule has 0 atom stereocenters. The number of benzene rings is 2. The molecule has 0 unspecified atom stereocenters. The van der Waals surface area contributed by atoms with Gasteiger partial charge in [-0.3, -0.25) is 5.10 Å². The number of nitrogens with one attached hydrogen (secondary N) is 3. The Hall–Kier alpha value is -3.60. The van der Waals surface area contributed by atoms with Crippen molar-refractivity contribution in [1.29, 1.82) is 0 Å². The van der Waals surface area contributed by atoms with Gasteiger partial charge in [0.2, 0.25) is 5.95 Å². The van der Waals surface area contributed by atoms with Crippen molar-refractivity contribution in [3.05, 3.63) is 60.3 Å². The molecule has 4 rings (SSSR count). The van der Waals surface area contributed by atoms with Crippen molar-refractivity contribution in [2.24, 2.45) is 0 Å². The molecule has 0 radical (unpaired) electrons. The van der Waals surface area contributed by atoms with Crippen LogP contribution in [0.5, 0.6) is 0 Å². The number of fused-ring (bicyclic) bond motifs is 1. The zero-order valence-electron chi connectivity index (χ0n) is 16.5. The third kappa shape index (κ3) is 4.17. The van der Waals surface area contributed by atoms with Gasteiger partial charge >= 0.3 is 0 Å². The number of halogens is 2. The van der Waals surface area contributed by atoms with E-state index in [1.807, 2.05) is 0 Å². The van der Waals surface area contributed by atoms with Gasteiger partial charge in [0.25, 0.3) is 0 Å². The highest BCUT2D eigenvalue weighted by Gasteiger charge is 2.23. The van der Waals surface area contributed by atoms with Crippen LogP contribution < -0.4 is 10.6 Å². The van der Waals surface area contributed by atoms with E-state index in [-0.39, 0.29) is 5.95 Å². The highest BCUT2D eigenvalue weighted by molar-refractivity contribution is 7.92. The van der Waals surface area contributed by atoms with Crippen molar-refractivity contribution in [2.45, 2.75) is 24.0 Å². The first-order valence-corrected chi connectivity index (χ1v) is 10.8. The molecule has 160 valence electrons. The van der Waals surface area contributed by atoms with E-state index in [0.29, 0.717) is 28.2 Å². The molecular weight excluding hydrogens is 426 g/mol. The third-order valence-electron chi connectivity index (χ3n) is 4.54. The van der Waals surface area contributed by atoms with Gasteiger partial charge in [-0.2, -0.15) is 10.1 Å². The normalized spacial score (nSPS) is 11.8. The molecule has 0 amide bonds. The summed E-state index contributed by atoms with van der Waals surface area (Å²) in [4.78, 5) is 8.00. The fourth-order valence-corrected chi connectivity index (χ4v) is 4.01. The summed E-state index contributed by atoms with van der Waals surface area (Å²) in [6.07, 6.45) is 1.47. The molecule has 4 aromatic rings. The van der Waals surface area contributed by atoms with E-state index < -0.39 is 31.6 Å². The topological polar surface area (TPSA) is 113 Å². The van der Waals surface area contributed by atoms with E-state index in [9.17, 15) is 17.2 Å². The Bertz CT molecular complexity index is 1370. The van der Waals surface area contributed by atoms with E-state index in [2.05, 4.69) is 30.8 Å². The Morgan fingerprint density at radius 2 is 1.84 bits per heavy atom. The van der Waals surface area contributed by atoms with Crippen LogP contribution in [0, 0.1) is 11.6 Å². The number of H-pyrrole nitrogens is 1. The van der Waals surface area contributed by atoms with Crippen LogP contribution >= 0.6 is 0 Å². The van der Waals surface area contributed by atoms with Gasteiger partial charge in [0.05, 0.1) is 10.8 Å². The smallest absolute Gasteiger partial charge is 0.229 e. The van der Waals surface area contributed by atoms with Crippen LogP contribution in [0.25, 0.3) is 10.9 Å². The highest BCUT2D eigenvalue weighted by atomic mass is 32.2. The van der Waals surface area contributed by atoms with Crippen LogP contribution in [0.3, 0.4) is 0 Å². The lowest BCUT2D eigenvalue weighted by Gasteiger charge is -2.12. The zero-order chi connectivity index (χ0) is 22.2. The van der Waals surface area contributed by atoms with Crippen LogP contribution in [-0.4, -0.2) is 33.8 Å². The summed E-state index contributed by atoms with van der Waals surface area (Å²) in [7, 11) is -3.80. The van der Waals surface area contributed by atoms with Crippen LogP contribution in [0.15, 0.2) is 53.6 Å². The first kappa shape index (κ1) is 20.7. The molecule has 0 spiro atoms. The molecule has 0 saturated heterocycles. The maximum atomic E-state index is 14.1. The minimum Gasteiger partial charge on any atom is -0.324 e. The molecule has 8 nitrogen and oxygen atoms in total. The fraction of sp³-hybridized carbons (Fsp3) is 0.150. The molecule has 2 aromatic heterocycles. The van der Waals surface area contributed by atoms with Gasteiger partial charge in [-0.05, 0) is 56.3 Å². The molecule has 0 aliphatic carbocycles. The standard InChI is InChI=1S/C20H18F2N6O2S/c1-11(2)31(29,30)17-10-13(4-5-15(17)22)24-20-23-8-7-18(26-20)25-19-14-9-12(21)3-6-16(14)27-28-19/h3-11H,1-2H3,(H3,23,24,25,26,27,28). The van der Waals surface area contributed by atoms with Gasteiger partial charge in [-0.25, -0.2) is 22.2 Å². The first-order chi connectivity index (χ1) is 14.7. The van der Waals surface area contributed by atoms with Crippen LogP contribution in [0.2, 0.25) is 0 Å². The highest BCUT2D eigenvalue weighted by Crippen LogP contribution is 2.26. The number of nitrogens with zero attached hydrogens (tertiary/aromatic N) is 3. The second kappa shape index (κ2) is 7.91. The Labute approximate surface area is 176 Å². The van der Waals surface area contributed by atoms with Gasteiger partial charge in [0.15, 0.2) is 15.7 Å². The van der Waals surface area contributed by atoms with E-state index >= 15 is 0 Å². The average Bonchev–Trinajstić information content (AvgIpc) is 3.11. The summed E-state index contributed by atoms with van der Waals surface area (Å²) in [5, 5.41) is 12.5. The van der Waals surface area contributed by atoms with Crippen LogP contribution in [-0.2, 0) is 9.84 Å².